The monoisotopic (exact) mass is 574 g/mol. The molecule has 0 aliphatic carbocycles. The molecule has 3 aromatic carbocycles. The van der Waals surface area contributed by atoms with E-state index in [2.05, 4.69) is 72.2 Å². The van der Waals surface area contributed by atoms with E-state index >= 15 is 0 Å². The molecule has 0 bridgehead atoms. The second-order valence-electron chi connectivity index (χ2n) is 11.9. The third-order valence-electron chi connectivity index (χ3n) is 9.05. The molecule has 0 N–H and O–H groups in total. The Bertz CT molecular complexity index is 1290. The summed E-state index contributed by atoms with van der Waals surface area (Å²) >= 11 is 6.85. The summed E-state index contributed by atoms with van der Waals surface area (Å²) in [6.07, 6.45) is 9.46. The molecule has 0 saturated carbocycles. The Kier molecular flexibility index (Phi) is 10.6. The highest BCUT2D eigenvalue weighted by molar-refractivity contribution is 6.31. The van der Waals surface area contributed by atoms with Crippen molar-refractivity contribution in [2.75, 3.05) is 46.4 Å². The van der Waals surface area contributed by atoms with Gasteiger partial charge in [-0.1, -0.05) is 48.4 Å². The standard InChI is InChI=1S/C36H47ClN2O2/c1-27-29(16-17-30-25-36(40-3)31(24-34(30)37)26-39-20-5-4-6-21-39)12-9-13-32(27)33-14-10-15-35(28(33)2)41-23-11-22-38-18-7-8-19-38/h9-10,12-15,24-25H,4-8,11,16-23,26H2,1-3H3. The highest BCUT2D eigenvalue weighted by Gasteiger charge is 2.17. The third kappa shape index (κ3) is 7.66. The fourth-order valence-corrected chi connectivity index (χ4v) is 6.84. The van der Waals surface area contributed by atoms with E-state index in [1.165, 1.54) is 78.6 Å². The van der Waals surface area contributed by atoms with Crippen LogP contribution >= 0.6 is 11.6 Å². The second-order valence-corrected chi connectivity index (χ2v) is 12.3. The van der Waals surface area contributed by atoms with Crippen molar-refractivity contribution in [1.82, 2.24) is 9.80 Å². The Morgan fingerprint density at radius 1 is 0.707 bits per heavy atom. The van der Waals surface area contributed by atoms with Crippen LogP contribution in [0.3, 0.4) is 0 Å². The molecular weight excluding hydrogens is 528 g/mol. The molecule has 4 nitrogen and oxygen atoms in total. The minimum absolute atomic E-state index is 0.765. The van der Waals surface area contributed by atoms with Crippen LogP contribution in [-0.2, 0) is 19.4 Å². The molecule has 2 aliphatic rings. The van der Waals surface area contributed by atoms with Crippen LogP contribution in [0.2, 0.25) is 5.02 Å². The molecule has 220 valence electrons. The molecule has 2 heterocycles. The number of piperidine rings is 1. The van der Waals surface area contributed by atoms with E-state index in [0.29, 0.717) is 0 Å². The van der Waals surface area contributed by atoms with E-state index in [0.717, 1.165) is 74.1 Å². The normalized spacial score (nSPS) is 16.3. The number of hydrogen-bond donors (Lipinski definition) is 0. The smallest absolute Gasteiger partial charge is 0.123 e. The topological polar surface area (TPSA) is 24.9 Å². The zero-order chi connectivity index (χ0) is 28.6. The minimum atomic E-state index is 0.765. The van der Waals surface area contributed by atoms with Gasteiger partial charge in [0.1, 0.15) is 11.5 Å². The maximum Gasteiger partial charge on any atom is 0.123 e. The van der Waals surface area contributed by atoms with Crippen LogP contribution in [0.5, 0.6) is 11.5 Å². The van der Waals surface area contributed by atoms with Gasteiger partial charge >= 0.3 is 0 Å². The third-order valence-corrected chi connectivity index (χ3v) is 9.40. The molecule has 5 rings (SSSR count). The maximum absolute atomic E-state index is 6.85. The van der Waals surface area contributed by atoms with Gasteiger partial charge in [0.25, 0.3) is 0 Å². The molecule has 0 unspecified atom stereocenters. The summed E-state index contributed by atoms with van der Waals surface area (Å²) in [5.41, 5.74) is 8.77. The first-order chi connectivity index (χ1) is 20.0. The van der Waals surface area contributed by atoms with Crippen molar-refractivity contribution in [1.29, 1.82) is 0 Å². The maximum atomic E-state index is 6.85. The van der Waals surface area contributed by atoms with Gasteiger partial charge in [-0.25, -0.2) is 0 Å². The van der Waals surface area contributed by atoms with Crippen molar-refractivity contribution >= 4 is 11.6 Å². The molecule has 41 heavy (non-hydrogen) atoms. The molecule has 0 radical (unpaired) electrons. The summed E-state index contributed by atoms with van der Waals surface area (Å²) in [6.45, 7) is 12.0. The van der Waals surface area contributed by atoms with Crippen molar-refractivity contribution in [3.8, 4) is 22.6 Å². The summed E-state index contributed by atoms with van der Waals surface area (Å²) in [5.74, 6) is 1.95. The number of methoxy groups -OCH3 is 1. The molecule has 2 fully saturated rings. The van der Waals surface area contributed by atoms with Crippen LogP contribution < -0.4 is 9.47 Å². The van der Waals surface area contributed by atoms with Crippen molar-refractivity contribution in [3.05, 3.63) is 81.4 Å². The fraction of sp³-hybridized carbons (Fsp3) is 0.500. The fourth-order valence-electron chi connectivity index (χ4n) is 6.55. The summed E-state index contributed by atoms with van der Waals surface area (Å²) in [6, 6.07) is 17.4. The lowest BCUT2D eigenvalue weighted by atomic mass is 9.91. The van der Waals surface area contributed by atoms with Gasteiger partial charge in [-0.05, 0) is 137 Å². The number of nitrogens with zero attached hydrogens (tertiary/aromatic N) is 2. The van der Waals surface area contributed by atoms with Crippen LogP contribution in [-0.4, -0.2) is 56.2 Å². The highest BCUT2D eigenvalue weighted by Crippen LogP contribution is 2.35. The number of likely N-dealkylation sites (tertiary alicyclic amines) is 2. The molecule has 0 amide bonds. The van der Waals surface area contributed by atoms with Crippen molar-refractivity contribution < 1.29 is 9.47 Å². The van der Waals surface area contributed by atoms with Crippen molar-refractivity contribution in [3.63, 3.8) is 0 Å². The lowest BCUT2D eigenvalue weighted by Crippen LogP contribution is -2.29. The van der Waals surface area contributed by atoms with E-state index in [-0.39, 0.29) is 0 Å². The zero-order valence-electron chi connectivity index (χ0n) is 25.3. The van der Waals surface area contributed by atoms with E-state index < -0.39 is 0 Å². The number of ether oxygens (including phenoxy) is 2. The molecule has 2 saturated heterocycles. The first-order valence-electron chi connectivity index (χ1n) is 15.6. The number of benzene rings is 3. The van der Waals surface area contributed by atoms with Crippen LogP contribution in [0.25, 0.3) is 11.1 Å². The number of rotatable bonds is 12. The Morgan fingerprint density at radius 3 is 2.12 bits per heavy atom. The van der Waals surface area contributed by atoms with Crippen LogP contribution in [0.1, 0.15) is 66.3 Å². The van der Waals surface area contributed by atoms with Gasteiger partial charge in [-0.2, -0.15) is 0 Å². The average Bonchev–Trinajstić information content (AvgIpc) is 3.51. The second kappa shape index (κ2) is 14.6. The Labute approximate surface area is 252 Å². The van der Waals surface area contributed by atoms with Crippen molar-refractivity contribution in [2.24, 2.45) is 0 Å². The lowest BCUT2D eigenvalue weighted by Gasteiger charge is -2.27. The van der Waals surface area contributed by atoms with Gasteiger partial charge in [0.05, 0.1) is 13.7 Å². The molecular formula is C36H47ClN2O2. The molecule has 0 spiro atoms. The van der Waals surface area contributed by atoms with Gasteiger partial charge in [0.15, 0.2) is 0 Å². The van der Waals surface area contributed by atoms with Gasteiger partial charge in [0.2, 0.25) is 0 Å². The quantitative estimate of drug-likeness (QED) is 0.203. The largest absolute Gasteiger partial charge is 0.496 e. The zero-order valence-corrected chi connectivity index (χ0v) is 26.1. The molecule has 0 aromatic heterocycles. The van der Waals surface area contributed by atoms with Crippen LogP contribution in [0.15, 0.2) is 48.5 Å². The minimum Gasteiger partial charge on any atom is -0.496 e. The molecule has 5 heteroatoms. The predicted octanol–water partition coefficient (Wildman–Crippen LogP) is 8.27. The van der Waals surface area contributed by atoms with Gasteiger partial charge < -0.3 is 14.4 Å². The van der Waals surface area contributed by atoms with Gasteiger partial charge in [-0.15, -0.1) is 0 Å². The first kappa shape index (κ1) is 29.9. The van der Waals surface area contributed by atoms with Crippen LogP contribution in [0.4, 0.5) is 0 Å². The Hall–Kier alpha value is -2.53. The number of aryl methyl sites for hydroxylation is 2. The van der Waals surface area contributed by atoms with Crippen molar-refractivity contribution in [2.45, 2.75) is 71.8 Å². The Morgan fingerprint density at radius 2 is 1.37 bits per heavy atom. The van der Waals surface area contributed by atoms with E-state index in [1.54, 1.807) is 7.11 Å². The van der Waals surface area contributed by atoms with E-state index in [1.807, 2.05) is 0 Å². The van der Waals surface area contributed by atoms with Gasteiger partial charge in [-0.3, -0.25) is 4.90 Å². The molecule has 0 atom stereocenters. The SMILES string of the molecule is COc1cc(CCc2cccc(-c3cccc(OCCCN4CCCC4)c3C)c2C)c(Cl)cc1CN1CCCCC1. The predicted molar refractivity (Wildman–Crippen MR) is 172 cm³/mol. The molecule has 2 aliphatic heterocycles. The average molecular weight is 575 g/mol. The molecule has 3 aromatic rings. The summed E-state index contributed by atoms with van der Waals surface area (Å²) in [4.78, 5) is 5.07. The van der Waals surface area contributed by atoms with E-state index in [9.17, 15) is 0 Å². The highest BCUT2D eigenvalue weighted by atomic mass is 35.5. The summed E-state index contributed by atoms with van der Waals surface area (Å²) < 4.78 is 12.1. The summed E-state index contributed by atoms with van der Waals surface area (Å²) in [5, 5.41) is 0.844. The van der Waals surface area contributed by atoms with Gasteiger partial charge in [0, 0.05) is 23.7 Å². The van der Waals surface area contributed by atoms with E-state index in [4.69, 9.17) is 21.1 Å². The number of hydrogen-bond acceptors (Lipinski definition) is 4. The first-order valence-corrected chi connectivity index (χ1v) is 16.0. The Balaban J connectivity index is 1.25. The van der Waals surface area contributed by atoms with Crippen LogP contribution in [0, 0.1) is 13.8 Å². The summed E-state index contributed by atoms with van der Waals surface area (Å²) in [7, 11) is 1.77. The lowest BCUT2D eigenvalue weighted by molar-refractivity contribution is 0.218. The number of halogens is 1.